The van der Waals surface area contributed by atoms with Gasteiger partial charge in [0.15, 0.2) is 5.82 Å². The minimum absolute atomic E-state index is 0.0937. The number of carbonyl (C=O) groups is 1. The van der Waals surface area contributed by atoms with Crippen molar-refractivity contribution in [3.8, 4) is 0 Å². The van der Waals surface area contributed by atoms with E-state index in [1.54, 1.807) is 0 Å². The number of hydrogen-bond acceptors (Lipinski definition) is 3. The number of rotatable bonds is 2. The summed E-state index contributed by atoms with van der Waals surface area (Å²) >= 11 is 0. The Morgan fingerprint density at radius 1 is 1.41 bits per heavy atom. The third-order valence-corrected chi connectivity index (χ3v) is 2.08. The molecule has 4 N–H and O–H groups in total. The van der Waals surface area contributed by atoms with Gasteiger partial charge in [-0.2, -0.15) is 0 Å². The van der Waals surface area contributed by atoms with Crippen LogP contribution in [-0.2, 0) is 0 Å². The number of nitrogen functional groups attached to an aromatic ring is 1. The molecule has 88 valence electrons. The van der Waals surface area contributed by atoms with Crippen LogP contribution in [0.5, 0.6) is 0 Å². The predicted molar refractivity (Wildman–Crippen MR) is 57.3 cm³/mol. The number of halogens is 2. The molecule has 1 aromatic carbocycles. The quantitative estimate of drug-likeness (QED) is 0.693. The largest absolute Gasteiger partial charge is 0.396 e. The second-order valence-corrected chi connectivity index (χ2v) is 3.22. The maximum Gasteiger partial charge on any atom is 0.264 e. The lowest BCUT2D eigenvalue weighted by Gasteiger charge is -2.06. The van der Waals surface area contributed by atoms with Crippen LogP contribution in [-0.4, -0.2) is 15.9 Å². The number of H-pyrrole nitrogens is 1. The Bertz CT molecular complexity index is 554. The van der Waals surface area contributed by atoms with E-state index in [2.05, 4.69) is 15.3 Å². The third kappa shape index (κ3) is 2.07. The number of amides is 1. The van der Waals surface area contributed by atoms with Crippen molar-refractivity contribution in [1.29, 1.82) is 0 Å². The van der Waals surface area contributed by atoms with Gasteiger partial charge in [0.2, 0.25) is 5.95 Å². The van der Waals surface area contributed by atoms with Gasteiger partial charge in [0, 0.05) is 12.4 Å². The first kappa shape index (κ1) is 11.1. The lowest BCUT2D eigenvalue weighted by molar-refractivity contribution is 0.101. The summed E-state index contributed by atoms with van der Waals surface area (Å²) in [6.07, 6.45) is 2.85. The summed E-state index contributed by atoms with van der Waals surface area (Å²) < 4.78 is 26.8. The fourth-order valence-electron chi connectivity index (χ4n) is 1.28. The smallest absolute Gasteiger partial charge is 0.264 e. The van der Waals surface area contributed by atoms with Gasteiger partial charge in [-0.15, -0.1) is 0 Å². The minimum Gasteiger partial charge on any atom is -0.396 e. The fourth-order valence-corrected chi connectivity index (χ4v) is 1.28. The molecule has 1 aromatic heterocycles. The zero-order chi connectivity index (χ0) is 12.4. The van der Waals surface area contributed by atoms with Crippen LogP contribution >= 0.6 is 0 Å². The number of hydrogen-bond donors (Lipinski definition) is 3. The molecule has 0 radical (unpaired) electrons. The Labute approximate surface area is 94.7 Å². The number of aromatic amines is 1. The molecule has 0 saturated carbocycles. The van der Waals surface area contributed by atoms with E-state index in [1.807, 2.05) is 0 Å². The number of benzene rings is 1. The Kier molecular flexibility index (Phi) is 2.73. The zero-order valence-electron chi connectivity index (χ0n) is 8.50. The highest BCUT2D eigenvalue weighted by Crippen LogP contribution is 2.19. The zero-order valence-corrected chi connectivity index (χ0v) is 8.50. The summed E-state index contributed by atoms with van der Waals surface area (Å²) in [6, 6.07) is 1.98. The van der Waals surface area contributed by atoms with E-state index in [-0.39, 0.29) is 11.6 Å². The number of nitrogens with zero attached hydrogens (tertiary/aromatic N) is 1. The Morgan fingerprint density at radius 3 is 2.82 bits per heavy atom. The van der Waals surface area contributed by atoms with E-state index in [0.29, 0.717) is 0 Å². The van der Waals surface area contributed by atoms with E-state index in [1.165, 1.54) is 12.4 Å². The van der Waals surface area contributed by atoms with Crippen molar-refractivity contribution in [3.63, 3.8) is 0 Å². The number of carbonyl (C=O) groups excluding carboxylic acids is 1. The second-order valence-electron chi connectivity index (χ2n) is 3.22. The highest BCUT2D eigenvalue weighted by molar-refractivity contribution is 6.04. The lowest BCUT2D eigenvalue weighted by Crippen LogP contribution is -2.17. The Morgan fingerprint density at radius 2 is 2.18 bits per heavy atom. The van der Waals surface area contributed by atoms with Gasteiger partial charge in [-0.05, 0) is 12.1 Å². The maximum atomic E-state index is 13.5. The first-order chi connectivity index (χ1) is 8.09. The third-order valence-electron chi connectivity index (χ3n) is 2.08. The maximum absolute atomic E-state index is 13.5. The molecule has 0 aliphatic heterocycles. The summed E-state index contributed by atoms with van der Waals surface area (Å²) in [7, 11) is 0. The van der Waals surface area contributed by atoms with Crippen molar-refractivity contribution in [2.75, 3.05) is 11.1 Å². The number of nitrogens with two attached hydrogens (primary N) is 1. The monoisotopic (exact) mass is 238 g/mol. The molecule has 0 aliphatic rings. The standard InChI is InChI=1S/C10H8F2N4O/c11-5-1-2-6(13)8(12)7(5)9(17)16-10-14-3-4-15-10/h1-4H,13H2,(H2,14,15,16,17). The van der Waals surface area contributed by atoms with Gasteiger partial charge in [0.05, 0.1) is 5.69 Å². The first-order valence-corrected chi connectivity index (χ1v) is 4.64. The van der Waals surface area contributed by atoms with Crippen LogP contribution in [0.1, 0.15) is 10.4 Å². The van der Waals surface area contributed by atoms with Gasteiger partial charge in [-0.3, -0.25) is 10.1 Å². The molecule has 2 rings (SSSR count). The molecule has 2 aromatic rings. The number of nitrogens with one attached hydrogen (secondary N) is 2. The molecule has 0 fully saturated rings. The predicted octanol–water partition coefficient (Wildman–Crippen LogP) is 1.52. The van der Waals surface area contributed by atoms with Crippen LogP contribution in [0.15, 0.2) is 24.5 Å². The summed E-state index contributed by atoms with van der Waals surface area (Å²) in [5.74, 6) is -2.94. The average Bonchev–Trinajstić information content (AvgIpc) is 2.77. The van der Waals surface area contributed by atoms with Crippen LogP contribution < -0.4 is 11.1 Å². The van der Waals surface area contributed by atoms with E-state index in [9.17, 15) is 13.6 Å². The molecule has 0 spiro atoms. The number of aromatic nitrogens is 2. The normalized spacial score (nSPS) is 10.2. The van der Waals surface area contributed by atoms with E-state index >= 15 is 0 Å². The fraction of sp³-hybridized carbons (Fsp3) is 0. The summed E-state index contributed by atoms with van der Waals surface area (Å²) in [5, 5.41) is 2.21. The summed E-state index contributed by atoms with van der Waals surface area (Å²) in [5.41, 5.74) is 4.23. The Hall–Kier alpha value is -2.44. The van der Waals surface area contributed by atoms with Crippen LogP contribution in [0.25, 0.3) is 0 Å². The molecule has 0 unspecified atom stereocenters. The van der Waals surface area contributed by atoms with Crippen molar-refractivity contribution in [2.24, 2.45) is 0 Å². The Balaban J connectivity index is 2.34. The minimum atomic E-state index is -1.09. The molecule has 0 atom stereocenters. The van der Waals surface area contributed by atoms with Crippen LogP contribution in [0.3, 0.4) is 0 Å². The van der Waals surface area contributed by atoms with Gasteiger partial charge in [0.25, 0.3) is 5.91 Å². The molecule has 5 nitrogen and oxygen atoms in total. The molecule has 0 aliphatic carbocycles. The lowest BCUT2D eigenvalue weighted by atomic mass is 10.1. The molecule has 1 amide bonds. The SMILES string of the molecule is Nc1ccc(F)c(C(=O)Nc2ncc[nH]2)c1F. The van der Waals surface area contributed by atoms with Crippen molar-refractivity contribution in [2.45, 2.75) is 0 Å². The molecule has 0 bridgehead atoms. The number of imidazole rings is 1. The van der Waals surface area contributed by atoms with Crippen molar-refractivity contribution >= 4 is 17.5 Å². The van der Waals surface area contributed by atoms with Gasteiger partial charge < -0.3 is 10.7 Å². The topological polar surface area (TPSA) is 83.8 Å². The number of anilines is 2. The van der Waals surface area contributed by atoms with E-state index in [0.717, 1.165) is 12.1 Å². The van der Waals surface area contributed by atoms with Gasteiger partial charge in [-0.1, -0.05) is 0 Å². The van der Waals surface area contributed by atoms with Crippen molar-refractivity contribution in [1.82, 2.24) is 9.97 Å². The van der Waals surface area contributed by atoms with Crippen molar-refractivity contribution < 1.29 is 13.6 Å². The second kappa shape index (κ2) is 4.20. The molecule has 1 heterocycles. The summed E-state index contributed by atoms with van der Waals surface area (Å²) in [4.78, 5) is 17.9. The molecule has 17 heavy (non-hydrogen) atoms. The average molecular weight is 238 g/mol. The van der Waals surface area contributed by atoms with Crippen LogP contribution in [0.2, 0.25) is 0 Å². The van der Waals surface area contributed by atoms with Crippen LogP contribution in [0.4, 0.5) is 20.4 Å². The molecule has 0 saturated heterocycles. The first-order valence-electron chi connectivity index (χ1n) is 4.64. The summed E-state index contributed by atoms with van der Waals surface area (Å²) in [6.45, 7) is 0. The van der Waals surface area contributed by atoms with E-state index < -0.39 is 23.1 Å². The van der Waals surface area contributed by atoms with Gasteiger partial charge in [0.1, 0.15) is 11.4 Å². The highest BCUT2D eigenvalue weighted by Gasteiger charge is 2.20. The van der Waals surface area contributed by atoms with Gasteiger partial charge in [-0.25, -0.2) is 13.8 Å². The van der Waals surface area contributed by atoms with E-state index in [4.69, 9.17) is 5.73 Å². The van der Waals surface area contributed by atoms with Crippen LogP contribution in [0, 0.1) is 11.6 Å². The molecule has 7 heteroatoms. The van der Waals surface area contributed by atoms with Crippen molar-refractivity contribution in [3.05, 3.63) is 41.7 Å². The van der Waals surface area contributed by atoms with Gasteiger partial charge >= 0.3 is 0 Å². The molecular formula is C10H8F2N4O. The highest BCUT2D eigenvalue weighted by atomic mass is 19.1. The molecular weight excluding hydrogens is 230 g/mol.